The Labute approximate surface area is 195 Å². The van der Waals surface area contributed by atoms with E-state index in [1.807, 2.05) is 66.7 Å². The molecule has 1 aliphatic rings. The number of likely N-dealkylation sites (N-methyl/N-ethyl adjacent to an activating group) is 1. The minimum atomic E-state index is -0.886. The third-order valence-corrected chi connectivity index (χ3v) is 5.99. The highest BCUT2D eigenvalue weighted by Gasteiger charge is 2.25. The standard InChI is InChI=1S/C27H30N2O4/c1-28(23-15-16-29(20-23)19-21-7-9-22(10-8-21)27(30)31)17-18-32-24-11-13-26(14-12-24)33-25-5-3-2-4-6-25/h2-14,23H,15-20H2,1H3,(H,30,31). The van der Waals surface area contributed by atoms with Crippen molar-refractivity contribution in [1.29, 1.82) is 0 Å². The average Bonchev–Trinajstić information content (AvgIpc) is 3.30. The van der Waals surface area contributed by atoms with Crippen molar-refractivity contribution < 1.29 is 19.4 Å². The van der Waals surface area contributed by atoms with Crippen LogP contribution in [0.15, 0.2) is 78.9 Å². The highest BCUT2D eigenvalue weighted by Crippen LogP contribution is 2.24. The molecule has 1 unspecified atom stereocenters. The Balaban J connectivity index is 1.18. The van der Waals surface area contributed by atoms with E-state index in [2.05, 4.69) is 16.8 Å². The van der Waals surface area contributed by atoms with Gasteiger partial charge in [-0.1, -0.05) is 30.3 Å². The van der Waals surface area contributed by atoms with Crippen molar-refractivity contribution in [2.45, 2.75) is 19.0 Å². The fourth-order valence-corrected chi connectivity index (χ4v) is 4.05. The van der Waals surface area contributed by atoms with Gasteiger partial charge in [0.25, 0.3) is 0 Å². The third kappa shape index (κ3) is 6.57. The SMILES string of the molecule is CN(CCOc1ccc(Oc2ccccc2)cc1)C1CCN(Cc2ccc(C(=O)O)cc2)C1. The van der Waals surface area contributed by atoms with Crippen LogP contribution in [-0.4, -0.2) is 60.2 Å². The highest BCUT2D eigenvalue weighted by molar-refractivity contribution is 5.87. The first-order chi connectivity index (χ1) is 16.1. The quantitative estimate of drug-likeness (QED) is 0.484. The second-order valence-electron chi connectivity index (χ2n) is 8.40. The van der Waals surface area contributed by atoms with Gasteiger partial charge in [-0.05, 0) is 67.6 Å². The van der Waals surface area contributed by atoms with Crippen LogP contribution >= 0.6 is 0 Å². The molecule has 1 saturated heterocycles. The molecule has 0 radical (unpaired) electrons. The molecule has 172 valence electrons. The number of carboxylic acids is 1. The van der Waals surface area contributed by atoms with Gasteiger partial charge in [0, 0.05) is 32.2 Å². The third-order valence-electron chi connectivity index (χ3n) is 5.99. The lowest BCUT2D eigenvalue weighted by Gasteiger charge is -2.24. The largest absolute Gasteiger partial charge is 0.492 e. The number of rotatable bonds is 10. The molecule has 3 aromatic carbocycles. The molecule has 0 aromatic heterocycles. The smallest absolute Gasteiger partial charge is 0.335 e. The summed E-state index contributed by atoms with van der Waals surface area (Å²) in [6.07, 6.45) is 1.12. The molecule has 6 heteroatoms. The van der Waals surface area contributed by atoms with E-state index in [4.69, 9.17) is 14.6 Å². The van der Waals surface area contributed by atoms with Gasteiger partial charge in [-0.3, -0.25) is 9.80 Å². The van der Waals surface area contributed by atoms with Crippen LogP contribution < -0.4 is 9.47 Å². The zero-order valence-corrected chi connectivity index (χ0v) is 18.9. The number of aromatic carboxylic acids is 1. The lowest BCUT2D eigenvalue weighted by atomic mass is 10.1. The first-order valence-corrected chi connectivity index (χ1v) is 11.3. The predicted octanol–water partition coefficient (Wildman–Crippen LogP) is 4.76. The molecule has 6 nitrogen and oxygen atoms in total. The second-order valence-corrected chi connectivity index (χ2v) is 8.40. The summed E-state index contributed by atoms with van der Waals surface area (Å²) in [7, 11) is 2.15. The first kappa shape index (κ1) is 22.8. The van der Waals surface area contributed by atoms with E-state index in [0.717, 1.165) is 55.4 Å². The Bertz CT molecular complexity index is 1020. The molecule has 1 fully saturated rings. The van der Waals surface area contributed by atoms with E-state index in [0.29, 0.717) is 18.2 Å². The molecule has 0 amide bonds. The first-order valence-electron chi connectivity index (χ1n) is 11.3. The van der Waals surface area contributed by atoms with Gasteiger partial charge >= 0.3 is 5.97 Å². The van der Waals surface area contributed by atoms with Gasteiger partial charge in [0.05, 0.1) is 5.56 Å². The zero-order chi connectivity index (χ0) is 23.0. The summed E-state index contributed by atoms with van der Waals surface area (Å²) in [5.41, 5.74) is 1.47. The molecule has 3 aromatic rings. The number of carbonyl (C=O) groups is 1. The van der Waals surface area contributed by atoms with Crippen molar-refractivity contribution in [3.05, 3.63) is 90.0 Å². The summed E-state index contributed by atoms with van der Waals surface area (Å²) in [5.74, 6) is 1.55. The van der Waals surface area contributed by atoms with Crippen molar-refractivity contribution in [1.82, 2.24) is 9.80 Å². The number of benzene rings is 3. The summed E-state index contributed by atoms with van der Waals surface area (Å²) in [4.78, 5) is 15.8. The average molecular weight is 447 g/mol. The molecule has 1 N–H and O–H groups in total. The van der Waals surface area contributed by atoms with Gasteiger partial charge in [-0.25, -0.2) is 4.79 Å². The van der Waals surface area contributed by atoms with E-state index in [-0.39, 0.29) is 0 Å². The van der Waals surface area contributed by atoms with Crippen LogP contribution in [0.25, 0.3) is 0 Å². The van der Waals surface area contributed by atoms with Crippen LogP contribution in [0.2, 0.25) is 0 Å². The van der Waals surface area contributed by atoms with Crippen LogP contribution in [0.1, 0.15) is 22.3 Å². The van der Waals surface area contributed by atoms with Gasteiger partial charge in [0.15, 0.2) is 0 Å². The van der Waals surface area contributed by atoms with E-state index < -0.39 is 5.97 Å². The highest BCUT2D eigenvalue weighted by atomic mass is 16.5. The Kier molecular flexibility index (Phi) is 7.60. The van der Waals surface area contributed by atoms with E-state index in [1.165, 1.54) is 0 Å². The number of hydrogen-bond donors (Lipinski definition) is 1. The normalized spacial score (nSPS) is 16.1. The number of likely N-dealkylation sites (tertiary alicyclic amines) is 1. The second kappa shape index (κ2) is 11.0. The Morgan fingerprint density at radius 3 is 2.33 bits per heavy atom. The Morgan fingerprint density at radius 2 is 1.64 bits per heavy atom. The lowest BCUT2D eigenvalue weighted by molar-refractivity contribution is 0.0697. The fourth-order valence-electron chi connectivity index (χ4n) is 4.05. The maximum absolute atomic E-state index is 11.0. The van der Waals surface area contributed by atoms with Crippen molar-refractivity contribution in [3.8, 4) is 17.2 Å². The molecule has 33 heavy (non-hydrogen) atoms. The Hall–Kier alpha value is -3.35. The summed E-state index contributed by atoms with van der Waals surface area (Å²) >= 11 is 0. The molecule has 4 rings (SSSR count). The minimum absolute atomic E-state index is 0.330. The summed E-state index contributed by atoms with van der Waals surface area (Å²) in [6.45, 7) is 4.37. The van der Waals surface area contributed by atoms with E-state index in [1.54, 1.807) is 12.1 Å². The summed E-state index contributed by atoms with van der Waals surface area (Å²) in [6, 6.07) is 25.1. The molecule has 0 bridgehead atoms. The van der Waals surface area contributed by atoms with Crippen LogP contribution in [0.3, 0.4) is 0 Å². The van der Waals surface area contributed by atoms with E-state index >= 15 is 0 Å². The molecule has 0 aliphatic carbocycles. The summed E-state index contributed by atoms with van der Waals surface area (Å²) in [5, 5.41) is 9.03. The topological polar surface area (TPSA) is 62.2 Å². The molecule has 0 saturated carbocycles. The van der Waals surface area contributed by atoms with Gasteiger partial charge in [-0.15, -0.1) is 0 Å². The minimum Gasteiger partial charge on any atom is -0.492 e. The number of ether oxygens (including phenoxy) is 2. The van der Waals surface area contributed by atoms with Crippen LogP contribution in [0, 0.1) is 0 Å². The molecule has 0 spiro atoms. The molecular formula is C27H30N2O4. The lowest BCUT2D eigenvalue weighted by Crippen LogP contribution is -2.37. The van der Waals surface area contributed by atoms with Gasteiger partial charge < -0.3 is 14.6 Å². The van der Waals surface area contributed by atoms with Crippen LogP contribution in [0.4, 0.5) is 0 Å². The van der Waals surface area contributed by atoms with Crippen molar-refractivity contribution in [2.75, 3.05) is 33.3 Å². The molecular weight excluding hydrogens is 416 g/mol. The van der Waals surface area contributed by atoms with Gasteiger partial charge in [-0.2, -0.15) is 0 Å². The number of para-hydroxylation sites is 1. The van der Waals surface area contributed by atoms with E-state index in [9.17, 15) is 4.79 Å². The zero-order valence-electron chi connectivity index (χ0n) is 18.9. The van der Waals surface area contributed by atoms with Gasteiger partial charge in [0.1, 0.15) is 23.9 Å². The van der Waals surface area contributed by atoms with Crippen molar-refractivity contribution in [3.63, 3.8) is 0 Å². The fraction of sp³-hybridized carbons (Fsp3) is 0.296. The van der Waals surface area contributed by atoms with Crippen LogP contribution in [0.5, 0.6) is 17.2 Å². The van der Waals surface area contributed by atoms with Crippen molar-refractivity contribution in [2.24, 2.45) is 0 Å². The van der Waals surface area contributed by atoms with Crippen LogP contribution in [-0.2, 0) is 6.54 Å². The Morgan fingerprint density at radius 1 is 0.970 bits per heavy atom. The summed E-state index contributed by atoms with van der Waals surface area (Å²) < 4.78 is 11.8. The molecule has 1 heterocycles. The monoisotopic (exact) mass is 446 g/mol. The number of hydrogen-bond acceptors (Lipinski definition) is 5. The maximum Gasteiger partial charge on any atom is 0.335 e. The number of carboxylic acid groups (broad SMARTS) is 1. The maximum atomic E-state index is 11.0. The molecule has 1 aliphatic heterocycles. The number of nitrogens with zero attached hydrogens (tertiary/aromatic N) is 2. The molecule has 1 atom stereocenters. The van der Waals surface area contributed by atoms with Crippen molar-refractivity contribution >= 4 is 5.97 Å². The van der Waals surface area contributed by atoms with Gasteiger partial charge in [0.2, 0.25) is 0 Å². The predicted molar refractivity (Wildman–Crippen MR) is 128 cm³/mol.